The van der Waals surface area contributed by atoms with Crippen molar-refractivity contribution in [3.8, 4) is 11.5 Å². The van der Waals surface area contributed by atoms with Crippen molar-refractivity contribution in [2.45, 2.75) is 101 Å². The highest BCUT2D eigenvalue weighted by molar-refractivity contribution is 6.09. The van der Waals surface area contributed by atoms with E-state index in [4.69, 9.17) is 9.47 Å². The first-order chi connectivity index (χ1) is 24.0. The summed E-state index contributed by atoms with van der Waals surface area (Å²) in [7, 11) is 0. The van der Waals surface area contributed by atoms with Crippen LogP contribution in [0.15, 0.2) is 72.8 Å². The number of aliphatic hydroxyl groups is 4. The van der Waals surface area contributed by atoms with E-state index in [0.717, 1.165) is 36.5 Å². The molecule has 0 radical (unpaired) electrons. The third-order valence-electron chi connectivity index (χ3n) is 10.2. The van der Waals surface area contributed by atoms with Crippen molar-refractivity contribution in [3.05, 3.63) is 106 Å². The summed E-state index contributed by atoms with van der Waals surface area (Å²) in [4.78, 5) is 25.9. The number of ether oxygens (including phenoxy) is 2. The minimum absolute atomic E-state index is 0.0246. The minimum atomic E-state index is -1.78. The number of carboxylic acids is 1. The van der Waals surface area contributed by atoms with Crippen LogP contribution < -0.4 is 4.74 Å². The molecule has 0 spiro atoms. The molecule has 1 heterocycles. The topological polar surface area (TPSA) is 174 Å². The molecule has 10 heteroatoms. The fraction of sp³-hybridized carbons (Fsp3) is 0.400. The number of hydrogen-bond donors (Lipinski definition) is 6. The van der Waals surface area contributed by atoms with Crippen LogP contribution >= 0.6 is 0 Å². The number of aryl methyl sites for hydroxylation is 4. The first-order valence-electron chi connectivity index (χ1n) is 17.2. The van der Waals surface area contributed by atoms with Crippen LogP contribution in [0.5, 0.6) is 11.5 Å². The Morgan fingerprint density at radius 2 is 1.50 bits per heavy atom. The molecule has 5 atom stereocenters. The van der Waals surface area contributed by atoms with Gasteiger partial charge in [-0.25, -0.2) is 4.79 Å². The van der Waals surface area contributed by atoms with Gasteiger partial charge in [0.05, 0.1) is 22.1 Å². The van der Waals surface area contributed by atoms with Gasteiger partial charge in [-0.1, -0.05) is 79.9 Å². The van der Waals surface area contributed by atoms with Crippen LogP contribution in [0.2, 0.25) is 0 Å². The fourth-order valence-electron chi connectivity index (χ4n) is 7.50. The monoisotopic (exact) mass is 684 g/mol. The Hall–Kier alpha value is -4.32. The molecule has 1 saturated carbocycles. The van der Waals surface area contributed by atoms with Crippen LogP contribution in [-0.2, 0) is 24.0 Å². The van der Waals surface area contributed by atoms with Gasteiger partial charge < -0.3 is 40.1 Å². The van der Waals surface area contributed by atoms with Crippen molar-refractivity contribution in [2.75, 3.05) is 0 Å². The summed E-state index contributed by atoms with van der Waals surface area (Å²) in [5.74, 6) is -2.22. The molecule has 1 aliphatic heterocycles. The van der Waals surface area contributed by atoms with Crippen LogP contribution in [0.4, 0.5) is 0 Å². The second kappa shape index (κ2) is 14.9. The van der Waals surface area contributed by atoms with Gasteiger partial charge in [-0.3, -0.25) is 4.79 Å². The van der Waals surface area contributed by atoms with Crippen molar-refractivity contribution in [1.82, 2.24) is 0 Å². The van der Waals surface area contributed by atoms with Gasteiger partial charge >= 0.3 is 5.97 Å². The molecule has 1 saturated heterocycles. The van der Waals surface area contributed by atoms with Gasteiger partial charge in [0.2, 0.25) is 6.29 Å². The Morgan fingerprint density at radius 1 is 0.840 bits per heavy atom. The van der Waals surface area contributed by atoms with Crippen molar-refractivity contribution in [1.29, 1.82) is 0 Å². The number of carbonyl (C=O) groups excluding carboxylic acids is 1. The van der Waals surface area contributed by atoms with Gasteiger partial charge in [-0.15, -0.1) is 0 Å². The number of phenols is 1. The number of benzene rings is 4. The number of Topliss-reactive ketones (excluding diaryl/α,β-unsaturated/α-hetero) is 1. The molecule has 4 aromatic rings. The maximum absolute atomic E-state index is 13.8. The summed E-state index contributed by atoms with van der Waals surface area (Å²) in [6.07, 6.45) is -3.02. The largest absolute Gasteiger partial charge is 0.506 e. The third-order valence-corrected chi connectivity index (χ3v) is 10.2. The van der Waals surface area contributed by atoms with Gasteiger partial charge in [0.15, 0.2) is 5.78 Å². The van der Waals surface area contributed by atoms with Gasteiger partial charge in [-0.2, -0.15) is 0 Å². The predicted octanol–water partition coefficient (Wildman–Crippen LogP) is 5.03. The smallest absolute Gasteiger partial charge is 0.335 e. The molecule has 1 aliphatic carbocycles. The van der Waals surface area contributed by atoms with Crippen LogP contribution in [-0.4, -0.2) is 78.7 Å². The molecule has 0 bridgehead atoms. The molecule has 6 rings (SSSR count). The molecular formula is C40H44O10. The highest BCUT2D eigenvalue weighted by Crippen LogP contribution is 2.42. The van der Waals surface area contributed by atoms with Crippen molar-refractivity contribution in [3.63, 3.8) is 0 Å². The average Bonchev–Trinajstić information content (AvgIpc) is 3.10. The van der Waals surface area contributed by atoms with Crippen LogP contribution in [0.25, 0.3) is 10.8 Å². The summed E-state index contributed by atoms with van der Waals surface area (Å²) >= 11 is 0. The number of aromatic hydroxyl groups is 1. The van der Waals surface area contributed by atoms with Gasteiger partial charge in [-0.05, 0) is 78.8 Å². The van der Waals surface area contributed by atoms with E-state index >= 15 is 0 Å². The molecular weight excluding hydrogens is 640 g/mol. The molecule has 264 valence electrons. The van der Waals surface area contributed by atoms with Gasteiger partial charge in [0, 0.05) is 6.42 Å². The van der Waals surface area contributed by atoms with E-state index < -0.39 is 48.0 Å². The Balaban J connectivity index is 1.29. The number of aromatic carboxylic acids is 1. The molecule has 6 N–H and O–H groups in total. The van der Waals surface area contributed by atoms with E-state index in [1.165, 1.54) is 11.6 Å². The highest BCUT2D eigenvalue weighted by Gasteiger charge is 2.53. The van der Waals surface area contributed by atoms with E-state index in [2.05, 4.69) is 18.2 Å². The Labute approximate surface area is 290 Å². The summed E-state index contributed by atoms with van der Waals surface area (Å²) in [5, 5.41) is 65.7. The Bertz CT molecular complexity index is 1850. The summed E-state index contributed by atoms with van der Waals surface area (Å²) in [6, 6.07) is 22.2. The lowest BCUT2D eigenvalue weighted by atomic mass is 9.76. The second-order valence-electron chi connectivity index (χ2n) is 13.7. The van der Waals surface area contributed by atoms with Gasteiger partial charge in [0.1, 0.15) is 35.9 Å². The SMILES string of the molecule is Cc1cc2cc(C(=O)O)cc(O[C@H]3O[C@H](C4(O)CCCCC4)[C@@H](O)[C@H](O)[C@H]3O)c2c(O)c1C(=O)CCc1ccccc1CCc1ccccc1. The number of fused-ring (bicyclic) bond motifs is 1. The van der Waals surface area contributed by atoms with Crippen LogP contribution in [0.3, 0.4) is 0 Å². The van der Waals surface area contributed by atoms with Crippen molar-refractivity contribution >= 4 is 22.5 Å². The lowest BCUT2D eigenvalue weighted by molar-refractivity contribution is -0.308. The first-order valence-corrected chi connectivity index (χ1v) is 17.2. The fourth-order valence-corrected chi connectivity index (χ4v) is 7.50. The normalized spacial score (nSPS) is 23.4. The first kappa shape index (κ1) is 35.5. The number of hydrogen-bond acceptors (Lipinski definition) is 9. The standard InChI is InChI=1S/C40H44O10/c1-23-20-27-21-28(38(46)47)22-30(49-39-36(45)34(43)35(44)37(50-39)40(48)18-8-3-9-19-40)32(27)33(42)31(23)29(41)17-16-26-13-7-6-12-25(26)15-14-24-10-4-2-5-11-24/h2,4-7,10-13,20-22,34-37,39,42-45,48H,3,8-9,14-19H2,1H3,(H,46,47)/t34-,35-,36+,37-,39-/m0/s1. The maximum atomic E-state index is 13.8. The van der Waals surface area contributed by atoms with E-state index in [1.54, 1.807) is 13.0 Å². The van der Waals surface area contributed by atoms with Crippen molar-refractivity contribution < 1.29 is 49.7 Å². The number of carbonyl (C=O) groups is 2. The van der Waals surface area contributed by atoms with E-state index in [0.29, 0.717) is 37.7 Å². The van der Waals surface area contributed by atoms with Crippen molar-refractivity contribution in [2.24, 2.45) is 0 Å². The molecule has 50 heavy (non-hydrogen) atoms. The lowest BCUT2D eigenvalue weighted by Gasteiger charge is -2.48. The lowest BCUT2D eigenvalue weighted by Crippen LogP contribution is -2.65. The molecule has 4 aromatic carbocycles. The maximum Gasteiger partial charge on any atom is 0.335 e. The van der Waals surface area contributed by atoms with Gasteiger partial charge in [0.25, 0.3) is 0 Å². The zero-order chi connectivity index (χ0) is 35.6. The summed E-state index contributed by atoms with van der Waals surface area (Å²) < 4.78 is 12.0. The Kier molecular flexibility index (Phi) is 10.6. The highest BCUT2D eigenvalue weighted by atomic mass is 16.7. The number of ketones is 1. The number of aliphatic hydroxyl groups excluding tert-OH is 3. The molecule has 2 aliphatic rings. The molecule has 0 amide bonds. The number of phenolic OH excluding ortho intramolecular Hbond substituents is 1. The average molecular weight is 685 g/mol. The molecule has 2 fully saturated rings. The molecule has 0 aromatic heterocycles. The number of carboxylic acid groups (broad SMARTS) is 1. The van der Waals surface area contributed by atoms with Crippen LogP contribution in [0.1, 0.15) is 81.5 Å². The number of rotatable bonds is 11. The predicted molar refractivity (Wildman–Crippen MR) is 186 cm³/mol. The van der Waals surface area contributed by atoms with E-state index in [1.807, 2.05) is 36.4 Å². The third kappa shape index (κ3) is 7.26. The second-order valence-corrected chi connectivity index (χ2v) is 13.7. The summed E-state index contributed by atoms with van der Waals surface area (Å²) in [6.45, 7) is 1.66. The molecule has 10 nitrogen and oxygen atoms in total. The molecule has 0 unspecified atom stereocenters. The Morgan fingerprint density at radius 3 is 2.18 bits per heavy atom. The van der Waals surface area contributed by atoms with Crippen LogP contribution in [0, 0.1) is 6.92 Å². The zero-order valence-electron chi connectivity index (χ0n) is 28.0. The minimum Gasteiger partial charge on any atom is -0.506 e. The van der Waals surface area contributed by atoms with E-state index in [-0.39, 0.29) is 39.9 Å². The summed E-state index contributed by atoms with van der Waals surface area (Å²) in [5.41, 5.74) is 2.21. The quantitative estimate of drug-likeness (QED) is 0.118. The zero-order valence-corrected chi connectivity index (χ0v) is 28.0. The van der Waals surface area contributed by atoms with E-state index in [9.17, 15) is 40.2 Å².